The van der Waals surface area contributed by atoms with Gasteiger partial charge in [-0.15, -0.1) is 0 Å². The van der Waals surface area contributed by atoms with Crippen LogP contribution in [0.5, 0.6) is 5.75 Å². The maximum atomic E-state index is 12.3. The molecule has 5 heteroatoms. The fraction of sp³-hybridized carbons (Fsp3) is 0.364. The lowest BCUT2D eigenvalue weighted by Crippen LogP contribution is -2.22. The van der Waals surface area contributed by atoms with Gasteiger partial charge in [0.15, 0.2) is 6.61 Å². The van der Waals surface area contributed by atoms with Crippen LogP contribution >= 0.6 is 0 Å². The lowest BCUT2D eigenvalue weighted by atomic mass is 9.86. The summed E-state index contributed by atoms with van der Waals surface area (Å²) < 4.78 is 5.74. The van der Waals surface area contributed by atoms with Crippen molar-refractivity contribution in [2.45, 2.75) is 40.0 Å². The summed E-state index contributed by atoms with van der Waals surface area (Å²) >= 11 is 0. The fourth-order valence-electron chi connectivity index (χ4n) is 2.51. The number of anilines is 2. The van der Waals surface area contributed by atoms with Crippen LogP contribution in [-0.4, -0.2) is 18.4 Å². The molecule has 0 aliphatic carbocycles. The van der Waals surface area contributed by atoms with E-state index in [2.05, 4.69) is 31.4 Å². The summed E-state index contributed by atoms with van der Waals surface area (Å²) in [4.78, 5) is 24.1. The Balaban J connectivity index is 1.98. The monoisotopic (exact) mass is 368 g/mol. The Morgan fingerprint density at radius 3 is 2.22 bits per heavy atom. The average Bonchev–Trinajstić information content (AvgIpc) is 2.59. The van der Waals surface area contributed by atoms with Gasteiger partial charge in [-0.3, -0.25) is 9.59 Å². The van der Waals surface area contributed by atoms with E-state index in [-0.39, 0.29) is 29.8 Å². The van der Waals surface area contributed by atoms with Gasteiger partial charge in [-0.05, 0) is 35.2 Å². The van der Waals surface area contributed by atoms with Crippen molar-refractivity contribution in [3.8, 4) is 5.75 Å². The summed E-state index contributed by atoms with van der Waals surface area (Å²) in [6.07, 6.45) is 0. The lowest BCUT2D eigenvalue weighted by molar-refractivity contribution is -0.119. The summed E-state index contributed by atoms with van der Waals surface area (Å²) in [6, 6.07) is 14.8. The van der Waals surface area contributed by atoms with Crippen LogP contribution in [0.15, 0.2) is 48.5 Å². The maximum Gasteiger partial charge on any atom is 0.262 e. The predicted molar refractivity (Wildman–Crippen MR) is 109 cm³/mol. The van der Waals surface area contributed by atoms with Crippen LogP contribution in [0.25, 0.3) is 0 Å². The zero-order chi connectivity index (χ0) is 20.0. The third-order valence-electron chi connectivity index (χ3n) is 3.99. The van der Waals surface area contributed by atoms with Crippen molar-refractivity contribution in [2.24, 2.45) is 5.92 Å². The van der Waals surface area contributed by atoms with E-state index < -0.39 is 0 Å². The van der Waals surface area contributed by atoms with Crippen molar-refractivity contribution in [1.29, 1.82) is 0 Å². The molecule has 2 aromatic carbocycles. The Bertz CT molecular complexity index is 807. The Morgan fingerprint density at radius 2 is 1.59 bits per heavy atom. The molecule has 0 atom stereocenters. The van der Waals surface area contributed by atoms with Crippen LogP contribution in [0, 0.1) is 5.92 Å². The predicted octanol–water partition coefficient (Wildman–Crippen LogP) is 4.60. The molecule has 0 aromatic heterocycles. The second-order valence-electron chi connectivity index (χ2n) is 7.81. The zero-order valence-corrected chi connectivity index (χ0v) is 16.6. The van der Waals surface area contributed by atoms with E-state index in [9.17, 15) is 9.59 Å². The molecule has 0 saturated carbocycles. The maximum absolute atomic E-state index is 12.3. The molecule has 0 heterocycles. The molecule has 2 aromatic rings. The number of nitrogens with one attached hydrogen (secondary N) is 2. The Kier molecular flexibility index (Phi) is 6.61. The van der Waals surface area contributed by atoms with E-state index in [1.165, 1.54) is 0 Å². The summed E-state index contributed by atoms with van der Waals surface area (Å²) in [7, 11) is 0. The molecule has 2 N–H and O–H groups in total. The summed E-state index contributed by atoms with van der Waals surface area (Å²) in [6.45, 7) is 9.88. The molecule has 0 radical (unpaired) electrons. The van der Waals surface area contributed by atoms with Gasteiger partial charge in [0.05, 0.1) is 0 Å². The standard InChI is InChI=1S/C22H28N2O3/c1-15(2)21(26)24-17-10-8-9-16(13-17)23-20(25)14-27-19-12-7-6-11-18(19)22(3,4)5/h6-13,15H,14H2,1-5H3,(H,23,25)(H,24,26). The van der Waals surface area contributed by atoms with Crippen molar-refractivity contribution in [2.75, 3.05) is 17.2 Å². The van der Waals surface area contributed by atoms with E-state index in [1.807, 2.05) is 38.1 Å². The second kappa shape index (κ2) is 8.71. The van der Waals surface area contributed by atoms with Gasteiger partial charge < -0.3 is 15.4 Å². The van der Waals surface area contributed by atoms with E-state index in [0.717, 1.165) is 5.56 Å². The third kappa shape index (κ3) is 6.13. The topological polar surface area (TPSA) is 67.4 Å². The highest BCUT2D eigenvalue weighted by molar-refractivity contribution is 5.95. The molecule has 0 fully saturated rings. The number of amides is 2. The highest BCUT2D eigenvalue weighted by Gasteiger charge is 2.19. The fourth-order valence-corrected chi connectivity index (χ4v) is 2.51. The minimum absolute atomic E-state index is 0.0689. The molecule has 0 bridgehead atoms. The van der Waals surface area contributed by atoms with Crippen molar-refractivity contribution < 1.29 is 14.3 Å². The smallest absolute Gasteiger partial charge is 0.262 e. The van der Waals surface area contributed by atoms with Crippen molar-refractivity contribution in [3.63, 3.8) is 0 Å². The number of ether oxygens (including phenoxy) is 1. The van der Waals surface area contributed by atoms with E-state index in [1.54, 1.807) is 24.3 Å². The summed E-state index contributed by atoms with van der Waals surface area (Å²) in [5.41, 5.74) is 2.23. The van der Waals surface area contributed by atoms with Crippen LogP contribution in [0.3, 0.4) is 0 Å². The molecule has 0 unspecified atom stereocenters. The number of carbonyl (C=O) groups excluding carboxylic acids is 2. The normalized spacial score (nSPS) is 11.2. The van der Waals surface area contributed by atoms with Gasteiger partial charge in [0.25, 0.3) is 5.91 Å². The number of benzene rings is 2. The Hall–Kier alpha value is -2.82. The van der Waals surface area contributed by atoms with Gasteiger partial charge in [0, 0.05) is 17.3 Å². The molecule has 2 amide bonds. The Morgan fingerprint density at radius 1 is 0.963 bits per heavy atom. The number of hydrogen-bond donors (Lipinski definition) is 2. The van der Waals surface area contributed by atoms with E-state index in [0.29, 0.717) is 17.1 Å². The van der Waals surface area contributed by atoms with E-state index >= 15 is 0 Å². The van der Waals surface area contributed by atoms with Crippen molar-refractivity contribution in [1.82, 2.24) is 0 Å². The molecular formula is C22H28N2O3. The van der Waals surface area contributed by atoms with Gasteiger partial charge >= 0.3 is 0 Å². The number of para-hydroxylation sites is 1. The number of hydrogen-bond acceptors (Lipinski definition) is 3. The van der Waals surface area contributed by atoms with Gasteiger partial charge in [0.2, 0.25) is 5.91 Å². The molecule has 0 saturated heterocycles. The van der Waals surface area contributed by atoms with Crippen LogP contribution in [-0.2, 0) is 15.0 Å². The van der Waals surface area contributed by atoms with Crippen LogP contribution in [0.4, 0.5) is 11.4 Å². The SMILES string of the molecule is CC(C)C(=O)Nc1cccc(NC(=O)COc2ccccc2C(C)(C)C)c1. The Labute approximate surface area is 161 Å². The number of carbonyl (C=O) groups is 2. The van der Waals surface area contributed by atoms with Gasteiger partial charge in [-0.2, -0.15) is 0 Å². The largest absolute Gasteiger partial charge is 0.483 e. The lowest BCUT2D eigenvalue weighted by Gasteiger charge is -2.22. The van der Waals surface area contributed by atoms with Crippen LogP contribution in [0.1, 0.15) is 40.2 Å². The quantitative estimate of drug-likeness (QED) is 0.783. The van der Waals surface area contributed by atoms with Gasteiger partial charge in [-0.1, -0.05) is 58.9 Å². The first-order valence-corrected chi connectivity index (χ1v) is 9.10. The summed E-state index contributed by atoms with van der Waals surface area (Å²) in [5.74, 6) is 0.268. The average molecular weight is 368 g/mol. The first-order chi connectivity index (χ1) is 12.7. The van der Waals surface area contributed by atoms with Crippen LogP contribution < -0.4 is 15.4 Å². The first kappa shape index (κ1) is 20.5. The minimum atomic E-state index is -0.258. The molecular weight excluding hydrogens is 340 g/mol. The van der Waals surface area contributed by atoms with Crippen molar-refractivity contribution >= 4 is 23.2 Å². The highest BCUT2D eigenvalue weighted by Crippen LogP contribution is 2.30. The third-order valence-corrected chi connectivity index (χ3v) is 3.99. The molecule has 144 valence electrons. The zero-order valence-electron chi connectivity index (χ0n) is 16.6. The number of rotatable bonds is 6. The molecule has 0 spiro atoms. The minimum Gasteiger partial charge on any atom is -0.483 e. The van der Waals surface area contributed by atoms with E-state index in [4.69, 9.17) is 4.74 Å². The molecule has 2 rings (SSSR count). The van der Waals surface area contributed by atoms with Crippen molar-refractivity contribution in [3.05, 3.63) is 54.1 Å². The van der Waals surface area contributed by atoms with Gasteiger partial charge in [0.1, 0.15) is 5.75 Å². The van der Waals surface area contributed by atoms with Gasteiger partial charge in [-0.25, -0.2) is 0 Å². The summed E-state index contributed by atoms with van der Waals surface area (Å²) in [5, 5.41) is 5.61. The first-order valence-electron chi connectivity index (χ1n) is 9.10. The molecule has 27 heavy (non-hydrogen) atoms. The highest BCUT2D eigenvalue weighted by atomic mass is 16.5. The second-order valence-corrected chi connectivity index (χ2v) is 7.81. The molecule has 0 aliphatic rings. The molecule has 0 aliphatic heterocycles. The van der Waals surface area contributed by atoms with Crippen LogP contribution in [0.2, 0.25) is 0 Å². The molecule has 5 nitrogen and oxygen atoms in total.